The number of hydrogen-bond donors (Lipinski definition) is 2. The van der Waals surface area contributed by atoms with Gasteiger partial charge in [-0.2, -0.15) is 0 Å². The first-order valence-electron chi connectivity index (χ1n) is 7.52. The van der Waals surface area contributed by atoms with Crippen molar-refractivity contribution >= 4 is 17.7 Å². The summed E-state index contributed by atoms with van der Waals surface area (Å²) in [5, 5.41) is 5.62. The number of methoxy groups -OCH3 is 1. The quantitative estimate of drug-likeness (QED) is 0.820. The molecule has 1 aliphatic rings. The minimum absolute atomic E-state index is 0.178. The van der Waals surface area contributed by atoms with Crippen LogP contribution >= 0.6 is 0 Å². The summed E-state index contributed by atoms with van der Waals surface area (Å²) in [6.07, 6.45) is 2.44. The van der Waals surface area contributed by atoms with Gasteiger partial charge in [0.1, 0.15) is 5.75 Å². The highest BCUT2D eigenvalue weighted by Gasteiger charge is 2.34. The summed E-state index contributed by atoms with van der Waals surface area (Å²) in [5.41, 5.74) is 0.649. The first-order chi connectivity index (χ1) is 10.6. The molecule has 1 saturated carbocycles. The van der Waals surface area contributed by atoms with Gasteiger partial charge in [0.15, 0.2) is 0 Å². The lowest BCUT2D eigenvalue weighted by Gasteiger charge is -2.19. The molecule has 0 unspecified atom stereocenters. The summed E-state index contributed by atoms with van der Waals surface area (Å²) in [6.45, 7) is 2.47. The molecule has 1 aromatic carbocycles. The lowest BCUT2D eigenvalue weighted by Crippen LogP contribution is -2.42. The zero-order valence-electron chi connectivity index (χ0n) is 12.9. The molecule has 1 aromatic rings. The fraction of sp³-hybridized carbons (Fsp3) is 0.500. The first kappa shape index (κ1) is 16.1. The van der Waals surface area contributed by atoms with Crippen molar-refractivity contribution in [3.05, 3.63) is 24.3 Å². The fourth-order valence-electron chi connectivity index (χ4n) is 2.73. The van der Waals surface area contributed by atoms with Crippen molar-refractivity contribution in [3.63, 3.8) is 0 Å². The van der Waals surface area contributed by atoms with Gasteiger partial charge in [0.25, 0.3) is 0 Å². The molecule has 2 N–H and O–H groups in total. The van der Waals surface area contributed by atoms with Gasteiger partial charge in [-0.1, -0.05) is 12.5 Å². The van der Waals surface area contributed by atoms with Crippen LogP contribution in [0.4, 0.5) is 10.5 Å². The van der Waals surface area contributed by atoms with E-state index in [-0.39, 0.29) is 24.0 Å². The maximum Gasteiger partial charge on any atom is 0.319 e. The molecule has 0 spiro atoms. The van der Waals surface area contributed by atoms with Gasteiger partial charge >= 0.3 is 12.0 Å². The molecule has 2 amide bonds. The van der Waals surface area contributed by atoms with Gasteiger partial charge in [-0.15, -0.1) is 0 Å². The number of ether oxygens (including phenoxy) is 2. The normalized spacial score (nSPS) is 20.3. The average molecular weight is 306 g/mol. The van der Waals surface area contributed by atoms with E-state index in [1.54, 1.807) is 12.1 Å². The van der Waals surface area contributed by atoms with Gasteiger partial charge in [-0.05, 0) is 31.9 Å². The molecule has 0 heterocycles. The van der Waals surface area contributed by atoms with Crippen molar-refractivity contribution in [1.29, 1.82) is 0 Å². The van der Waals surface area contributed by atoms with Crippen LogP contribution in [0, 0.1) is 5.92 Å². The lowest BCUT2D eigenvalue weighted by atomic mass is 10.0. The summed E-state index contributed by atoms with van der Waals surface area (Å²) in [5.74, 6) is 0.181. The van der Waals surface area contributed by atoms with E-state index in [0.717, 1.165) is 19.3 Å². The second-order valence-electron chi connectivity index (χ2n) is 5.23. The molecule has 2 atom stereocenters. The number of hydrogen-bond acceptors (Lipinski definition) is 4. The highest BCUT2D eigenvalue weighted by Crippen LogP contribution is 2.27. The molecular weight excluding hydrogens is 284 g/mol. The Morgan fingerprint density at radius 3 is 2.86 bits per heavy atom. The monoisotopic (exact) mass is 306 g/mol. The maximum absolute atomic E-state index is 12.1. The molecule has 0 bridgehead atoms. The van der Waals surface area contributed by atoms with Crippen LogP contribution in [0.2, 0.25) is 0 Å². The number of rotatable bonds is 5. The Kier molecular flexibility index (Phi) is 5.63. The smallest absolute Gasteiger partial charge is 0.319 e. The molecule has 2 rings (SSSR count). The minimum atomic E-state index is -0.325. The van der Waals surface area contributed by atoms with Crippen LogP contribution in [-0.2, 0) is 9.53 Å². The zero-order chi connectivity index (χ0) is 15.9. The molecule has 1 fully saturated rings. The number of anilines is 1. The van der Waals surface area contributed by atoms with E-state index in [4.69, 9.17) is 9.47 Å². The van der Waals surface area contributed by atoms with Crippen LogP contribution in [0.3, 0.4) is 0 Å². The number of nitrogens with one attached hydrogen (secondary N) is 2. The number of carbonyl (C=O) groups is 2. The number of benzene rings is 1. The second kappa shape index (κ2) is 7.68. The summed E-state index contributed by atoms with van der Waals surface area (Å²) in [6, 6.07) is 6.69. The number of carbonyl (C=O) groups excluding carboxylic acids is 2. The van der Waals surface area contributed by atoms with Crippen LogP contribution in [0.25, 0.3) is 0 Å². The van der Waals surface area contributed by atoms with E-state index in [9.17, 15) is 9.59 Å². The van der Waals surface area contributed by atoms with Crippen molar-refractivity contribution < 1.29 is 19.1 Å². The molecule has 0 aromatic heterocycles. The van der Waals surface area contributed by atoms with Gasteiger partial charge in [0.2, 0.25) is 0 Å². The highest BCUT2D eigenvalue weighted by molar-refractivity contribution is 5.90. The van der Waals surface area contributed by atoms with Gasteiger partial charge < -0.3 is 20.1 Å². The standard InChI is InChI=1S/C16H22N2O4/c1-3-22-12-7-4-6-11(10-12)17-16(20)18-14-9-5-8-13(14)15(19)21-2/h4,6-7,10,13-14H,3,5,8-9H2,1-2H3,(H2,17,18,20)/t13-,14+/m0/s1. The number of urea groups is 1. The van der Waals surface area contributed by atoms with Crippen LogP contribution in [0.5, 0.6) is 5.75 Å². The van der Waals surface area contributed by atoms with Crippen molar-refractivity contribution in [1.82, 2.24) is 5.32 Å². The van der Waals surface area contributed by atoms with E-state index in [2.05, 4.69) is 10.6 Å². The van der Waals surface area contributed by atoms with E-state index >= 15 is 0 Å². The van der Waals surface area contributed by atoms with Gasteiger partial charge in [-0.3, -0.25) is 4.79 Å². The molecule has 0 radical (unpaired) electrons. The van der Waals surface area contributed by atoms with Crippen LogP contribution in [0.1, 0.15) is 26.2 Å². The Balaban J connectivity index is 1.92. The van der Waals surface area contributed by atoms with Crippen molar-refractivity contribution in [2.75, 3.05) is 19.0 Å². The molecule has 22 heavy (non-hydrogen) atoms. The predicted molar refractivity (Wildman–Crippen MR) is 82.9 cm³/mol. The molecule has 0 saturated heterocycles. The maximum atomic E-state index is 12.1. The third kappa shape index (κ3) is 4.13. The Morgan fingerprint density at radius 1 is 1.32 bits per heavy atom. The Labute approximate surface area is 130 Å². The average Bonchev–Trinajstić information content (AvgIpc) is 2.95. The van der Waals surface area contributed by atoms with Gasteiger partial charge in [-0.25, -0.2) is 4.79 Å². The van der Waals surface area contributed by atoms with E-state index in [1.165, 1.54) is 7.11 Å². The Hall–Kier alpha value is -2.24. The second-order valence-corrected chi connectivity index (χ2v) is 5.23. The van der Waals surface area contributed by atoms with Crippen LogP contribution < -0.4 is 15.4 Å². The Bertz CT molecular complexity index is 533. The third-order valence-electron chi connectivity index (χ3n) is 3.74. The predicted octanol–water partition coefficient (Wildman–Crippen LogP) is 2.55. The zero-order valence-corrected chi connectivity index (χ0v) is 12.9. The third-order valence-corrected chi connectivity index (χ3v) is 3.74. The van der Waals surface area contributed by atoms with E-state index < -0.39 is 0 Å². The Morgan fingerprint density at radius 2 is 2.14 bits per heavy atom. The largest absolute Gasteiger partial charge is 0.494 e. The minimum Gasteiger partial charge on any atom is -0.494 e. The fourth-order valence-corrected chi connectivity index (χ4v) is 2.73. The molecule has 120 valence electrons. The SMILES string of the molecule is CCOc1cccc(NC(=O)N[C@@H]2CCC[C@@H]2C(=O)OC)c1. The summed E-state index contributed by atoms with van der Waals surface area (Å²) >= 11 is 0. The molecule has 0 aliphatic heterocycles. The van der Waals surface area contributed by atoms with Crippen molar-refractivity contribution in [2.45, 2.75) is 32.2 Å². The molecular formula is C16H22N2O4. The number of amides is 2. The summed E-state index contributed by atoms with van der Waals surface area (Å²) in [4.78, 5) is 23.7. The summed E-state index contributed by atoms with van der Waals surface area (Å²) < 4.78 is 10.2. The highest BCUT2D eigenvalue weighted by atomic mass is 16.5. The lowest BCUT2D eigenvalue weighted by molar-refractivity contribution is -0.145. The van der Waals surface area contributed by atoms with Gasteiger partial charge in [0.05, 0.1) is 19.6 Å². The topological polar surface area (TPSA) is 76.7 Å². The van der Waals surface area contributed by atoms with Gasteiger partial charge in [0, 0.05) is 17.8 Å². The van der Waals surface area contributed by atoms with Crippen LogP contribution in [-0.4, -0.2) is 31.8 Å². The summed E-state index contributed by atoms with van der Waals surface area (Å²) in [7, 11) is 1.37. The van der Waals surface area contributed by atoms with Crippen LogP contribution in [0.15, 0.2) is 24.3 Å². The van der Waals surface area contributed by atoms with E-state index in [0.29, 0.717) is 18.0 Å². The van der Waals surface area contributed by atoms with Crippen molar-refractivity contribution in [3.8, 4) is 5.75 Å². The molecule has 1 aliphatic carbocycles. The molecule has 6 nitrogen and oxygen atoms in total. The first-order valence-corrected chi connectivity index (χ1v) is 7.52. The molecule has 6 heteroatoms. The van der Waals surface area contributed by atoms with Crippen molar-refractivity contribution in [2.24, 2.45) is 5.92 Å². The number of esters is 1. The van der Waals surface area contributed by atoms with E-state index in [1.807, 2.05) is 19.1 Å².